The molecule has 1 aromatic heterocycles. The predicted molar refractivity (Wildman–Crippen MR) is 84.1 cm³/mol. The third-order valence-corrected chi connectivity index (χ3v) is 4.01. The smallest absolute Gasteiger partial charge is 0.287 e. The largest absolute Gasteiger partial charge is 0.377 e. The second-order valence-electron chi connectivity index (χ2n) is 5.69. The highest BCUT2D eigenvalue weighted by atomic mass is 35.5. The van der Waals surface area contributed by atoms with Crippen LogP contribution in [0.25, 0.3) is 0 Å². The molecule has 0 radical (unpaired) electrons. The molecule has 1 aliphatic heterocycles. The van der Waals surface area contributed by atoms with Crippen molar-refractivity contribution in [1.82, 2.24) is 14.7 Å². The second kappa shape index (κ2) is 7.24. The molecule has 21 heavy (non-hydrogen) atoms. The zero-order valence-corrected chi connectivity index (χ0v) is 13.6. The minimum atomic E-state index is -0.261. The van der Waals surface area contributed by atoms with E-state index >= 15 is 0 Å². The summed E-state index contributed by atoms with van der Waals surface area (Å²) in [5, 5.41) is 7.61. The molecular weight excluding hydrogens is 292 g/mol. The molecule has 0 bridgehead atoms. The van der Waals surface area contributed by atoms with E-state index < -0.39 is 0 Å². The van der Waals surface area contributed by atoms with Crippen LogP contribution < -0.4 is 10.9 Å². The average Bonchev–Trinajstić information content (AvgIpc) is 2.97. The van der Waals surface area contributed by atoms with E-state index in [4.69, 9.17) is 16.3 Å². The summed E-state index contributed by atoms with van der Waals surface area (Å²) >= 11 is 6.17. The summed E-state index contributed by atoms with van der Waals surface area (Å²) in [6.07, 6.45) is 3.89. The Bertz CT molecular complexity index is 526. The van der Waals surface area contributed by atoms with E-state index in [1.54, 1.807) is 6.20 Å². The Kier molecular flexibility index (Phi) is 5.61. The first-order chi connectivity index (χ1) is 9.99. The van der Waals surface area contributed by atoms with Gasteiger partial charge in [0.1, 0.15) is 5.02 Å². The topological polar surface area (TPSA) is 59.4 Å². The number of anilines is 1. The lowest BCUT2D eigenvalue weighted by atomic mass is 10.1. The fourth-order valence-corrected chi connectivity index (χ4v) is 2.56. The molecule has 1 aliphatic rings. The first-order valence-electron chi connectivity index (χ1n) is 7.27. The molecule has 2 rings (SSSR count). The van der Waals surface area contributed by atoms with Gasteiger partial charge in [-0.15, -0.1) is 0 Å². The Morgan fingerprint density at radius 3 is 3.00 bits per heavy atom. The molecule has 118 valence electrons. The molecule has 2 heterocycles. The van der Waals surface area contributed by atoms with Crippen LogP contribution in [0.1, 0.15) is 19.8 Å². The Morgan fingerprint density at radius 1 is 1.62 bits per heavy atom. The van der Waals surface area contributed by atoms with Crippen LogP contribution in [-0.2, 0) is 11.3 Å². The summed E-state index contributed by atoms with van der Waals surface area (Å²) in [5.74, 6) is 0. The van der Waals surface area contributed by atoms with Gasteiger partial charge in [-0.05, 0) is 33.9 Å². The van der Waals surface area contributed by atoms with Gasteiger partial charge in [-0.25, -0.2) is 4.68 Å². The van der Waals surface area contributed by atoms with Gasteiger partial charge in [-0.2, -0.15) is 5.10 Å². The number of likely N-dealkylation sites (N-methyl/N-ethyl adjacent to an activating group) is 1. The maximum Gasteiger partial charge on any atom is 0.287 e. The van der Waals surface area contributed by atoms with Crippen LogP contribution in [0, 0.1) is 0 Å². The molecule has 2 atom stereocenters. The molecule has 1 fully saturated rings. The lowest BCUT2D eigenvalue weighted by molar-refractivity contribution is 0.0996. The Labute approximate surface area is 130 Å². The third kappa shape index (κ3) is 4.18. The highest BCUT2D eigenvalue weighted by Gasteiger charge is 2.23. The highest BCUT2D eigenvalue weighted by molar-refractivity contribution is 6.32. The first kappa shape index (κ1) is 16.3. The lowest BCUT2D eigenvalue weighted by Crippen LogP contribution is -2.33. The number of aromatic nitrogens is 2. The predicted octanol–water partition coefficient (Wildman–Crippen LogP) is 1.44. The molecule has 6 nitrogen and oxygen atoms in total. The van der Waals surface area contributed by atoms with E-state index in [2.05, 4.69) is 10.4 Å². The summed E-state index contributed by atoms with van der Waals surface area (Å²) in [5.41, 5.74) is 0.314. The van der Waals surface area contributed by atoms with Crippen LogP contribution in [0.2, 0.25) is 5.02 Å². The number of ether oxygens (including phenoxy) is 1. The van der Waals surface area contributed by atoms with Crippen molar-refractivity contribution in [2.24, 2.45) is 0 Å². The summed E-state index contributed by atoms with van der Waals surface area (Å²) in [7, 11) is 3.90. The van der Waals surface area contributed by atoms with Crippen molar-refractivity contribution >= 4 is 17.3 Å². The third-order valence-electron chi connectivity index (χ3n) is 3.65. The second-order valence-corrected chi connectivity index (χ2v) is 6.07. The number of halogens is 1. The number of hydrogen-bond acceptors (Lipinski definition) is 5. The van der Waals surface area contributed by atoms with Crippen molar-refractivity contribution in [3.8, 4) is 0 Å². The molecule has 0 aromatic carbocycles. The zero-order valence-electron chi connectivity index (χ0n) is 12.8. The molecule has 1 aromatic rings. The fourth-order valence-electron chi connectivity index (χ4n) is 2.35. The number of rotatable bonds is 6. The molecule has 0 amide bonds. The van der Waals surface area contributed by atoms with E-state index in [0.717, 1.165) is 26.0 Å². The van der Waals surface area contributed by atoms with E-state index in [1.807, 2.05) is 25.9 Å². The van der Waals surface area contributed by atoms with Crippen LogP contribution in [-0.4, -0.2) is 54.1 Å². The van der Waals surface area contributed by atoms with Gasteiger partial charge in [-0.3, -0.25) is 4.79 Å². The van der Waals surface area contributed by atoms with Gasteiger partial charge in [0, 0.05) is 19.2 Å². The van der Waals surface area contributed by atoms with Crippen molar-refractivity contribution in [1.29, 1.82) is 0 Å². The Balaban J connectivity index is 2.07. The van der Waals surface area contributed by atoms with Crippen molar-refractivity contribution < 1.29 is 4.74 Å². The minimum Gasteiger partial charge on any atom is -0.377 e. The standard InChI is InChI=1S/C14H23ClN4O2/c1-10(12-5-4-8-21-12)17-11-9-16-19(7-6-18(2)3)14(20)13(11)15/h9-10,12,17H,4-8H2,1-3H3. The van der Waals surface area contributed by atoms with E-state index in [1.165, 1.54) is 4.68 Å². The zero-order chi connectivity index (χ0) is 15.4. The normalized spacial score (nSPS) is 20.0. The SMILES string of the molecule is CC(Nc1cnn(CCN(C)C)c(=O)c1Cl)C1CCCO1. The molecule has 0 saturated carbocycles. The summed E-state index contributed by atoms with van der Waals surface area (Å²) in [4.78, 5) is 14.2. The van der Waals surface area contributed by atoms with Gasteiger partial charge in [0.2, 0.25) is 0 Å². The number of nitrogens with one attached hydrogen (secondary N) is 1. The monoisotopic (exact) mass is 314 g/mol. The van der Waals surface area contributed by atoms with Crippen molar-refractivity contribution in [3.63, 3.8) is 0 Å². The van der Waals surface area contributed by atoms with E-state index in [9.17, 15) is 4.79 Å². The molecule has 0 aliphatic carbocycles. The van der Waals surface area contributed by atoms with Crippen LogP contribution >= 0.6 is 11.6 Å². The van der Waals surface area contributed by atoms with Gasteiger partial charge in [0.05, 0.1) is 24.5 Å². The molecule has 1 saturated heterocycles. The Morgan fingerprint density at radius 2 is 2.38 bits per heavy atom. The van der Waals surface area contributed by atoms with E-state index in [0.29, 0.717) is 12.2 Å². The summed E-state index contributed by atoms with van der Waals surface area (Å²) < 4.78 is 7.02. The Hall–Kier alpha value is -1.11. The molecular formula is C14H23ClN4O2. The van der Waals surface area contributed by atoms with Crippen molar-refractivity contribution in [3.05, 3.63) is 21.6 Å². The molecule has 7 heteroatoms. The summed E-state index contributed by atoms with van der Waals surface area (Å²) in [6, 6.07) is 0.101. The van der Waals surface area contributed by atoms with Crippen LogP contribution in [0.5, 0.6) is 0 Å². The maximum atomic E-state index is 12.2. The fraction of sp³-hybridized carbons (Fsp3) is 0.714. The molecule has 0 spiro atoms. The van der Waals surface area contributed by atoms with Crippen molar-refractivity contribution in [2.75, 3.05) is 32.6 Å². The van der Waals surface area contributed by atoms with Crippen LogP contribution in [0.15, 0.2) is 11.0 Å². The molecule has 2 unspecified atom stereocenters. The minimum absolute atomic E-state index is 0.101. The van der Waals surface area contributed by atoms with Gasteiger partial charge in [-0.1, -0.05) is 11.6 Å². The number of hydrogen-bond donors (Lipinski definition) is 1. The van der Waals surface area contributed by atoms with Crippen LogP contribution in [0.3, 0.4) is 0 Å². The van der Waals surface area contributed by atoms with Gasteiger partial charge >= 0.3 is 0 Å². The first-order valence-corrected chi connectivity index (χ1v) is 7.65. The van der Waals surface area contributed by atoms with Gasteiger partial charge in [0.25, 0.3) is 5.56 Å². The highest BCUT2D eigenvalue weighted by Crippen LogP contribution is 2.21. The average molecular weight is 315 g/mol. The maximum absolute atomic E-state index is 12.2. The summed E-state index contributed by atoms with van der Waals surface area (Å²) in [6.45, 7) is 4.09. The molecule has 1 N–H and O–H groups in total. The van der Waals surface area contributed by atoms with Gasteiger partial charge in [0.15, 0.2) is 0 Å². The quantitative estimate of drug-likeness (QED) is 0.861. The lowest BCUT2D eigenvalue weighted by Gasteiger charge is -2.21. The van der Waals surface area contributed by atoms with E-state index in [-0.39, 0.29) is 22.7 Å². The van der Waals surface area contributed by atoms with Crippen molar-refractivity contribution in [2.45, 2.75) is 38.5 Å². The van der Waals surface area contributed by atoms with Gasteiger partial charge < -0.3 is 15.0 Å². The van der Waals surface area contributed by atoms with Crippen LogP contribution in [0.4, 0.5) is 5.69 Å². The number of nitrogens with zero attached hydrogens (tertiary/aromatic N) is 3.